The van der Waals surface area contributed by atoms with E-state index in [0.29, 0.717) is 12.2 Å². The van der Waals surface area contributed by atoms with Crippen molar-refractivity contribution in [3.63, 3.8) is 0 Å². The summed E-state index contributed by atoms with van der Waals surface area (Å²) in [5, 5.41) is 2.80. The van der Waals surface area contributed by atoms with Crippen LogP contribution in [0.4, 0.5) is 11.4 Å². The molecule has 6 heteroatoms. The normalized spacial score (nSPS) is 15.0. The standard InChI is InChI=1S/C19H19N3O3/c1-11(23)22-8-7-13-9-14(5-6-17(13)22)20-18(24)15-10-12-3-2-4-16(12)21-19(15)25/h5-6,9-10H,2-4,7-8H2,1H3,(H,20,24)(H,21,25). The number of rotatable bonds is 2. The molecule has 1 aromatic carbocycles. The number of aromatic nitrogens is 1. The number of benzene rings is 1. The second kappa shape index (κ2) is 5.88. The molecule has 0 atom stereocenters. The van der Waals surface area contributed by atoms with Crippen molar-refractivity contribution >= 4 is 23.2 Å². The van der Waals surface area contributed by atoms with E-state index >= 15 is 0 Å². The van der Waals surface area contributed by atoms with E-state index in [-0.39, 0.29) is 17.0 Å². The number of nitrogens with one attached hydrogen (secondary N) is 2. The molecule has 4 rings (SSSR count). The third-order valence-corrected chi connectivity index (χ3v) is 4.95. The van der Waals surface area contributed by atoms with Crippen LogP contribution in [0.2, 0.25) is 0 Å². The van der Waals surface area contributed by atoms with Gasteiger partial charge in [-0.05, 0) is 61.1 Å². The summed E-state index contributed by atoms with van der Waals surface area (Å²) in [4.78, 5) is 40.8. The van der Waals surface area contributed by atoms with Crippen molar-refractivity contribution in [3.05, 3.63) is 57.0 Å². The summed E-state index contributed by atoms with van der Waals surface area (Å²) in [5.41, 5.74) is 4.35. The Morgan fingerprint density at radius 1 is 1.12 bits per heavy atom. The average molecular weight is 337 g/mol. The molecule has 0 fully saturated rings. The molecular weight excluding hydrogens is 318 g/mol. The van der Waals surface area contributed by atoms with Gasteiger partial charge >= 0.3 is 0 Å². The maximum atomic E-state index is 12.5. The van der Waals surface area contributed by atoms with E-state index in [0.717, 1.165) is 48.2 Å². The van der Waals surface area contributed by atoms with Crippen LogP contribution in [0.1, 0.15) is 40.5 Å². The molecule has 0 spiro atoms. The maximum absolute atomic E-state index is 12.5. The van der Waals surface area contributed by atoms with E-state index in [4.69, 9.17) is 0 Å². The van der Waals surface area contributed by atoms with Gasteiger partial charge in [0.1, 0.15) is 5.56 Å². The van der Waals surface area contributed by atoms with E-state index in [1.165, 1.54) is 0 Å². The summed E-state index contributed by atoms with van der Waals surface area (Å²) in [7, 11) is 0. The van der Waals surface area contributed by atoms with Crippen LogP contribution in [0.15, 0.2) is 29.1 Å². The number of carbonyl (C=O) groups is 2. The van der Waals surface area contributed by atoms with Crippen LogP contribution < -0.4 is 15.8 Å². The molecule has 0 bridgehead atoms. The van der Waals surface area contributed by atoms with Crippen molar-refractivity contribution in [2.24, 2.45) is 0 Å². The molecule has 0 saturated heterocycles. The van der Waals surface area contributed by atoms with Crippen molar-refractivity contribution in [1.29, 1.82) is 0 Å². The molecule has 25 heavy (non-hydrogen) atoms. The molecule has 0 unspecified atom stereocenters. The summed E-state index contributed by atoms with van der Waals surface area (Å²) < 4.78 is 0. The van der Waals surface area contributed by atoms with Gasteiger partial charge in [-0.1, -0.05) is 0 Å². The zero-order chi connectivity index (χ0) is 17.6. The van der Waals surface area contributed by atoms with E-state index < -0.39 is 5.91 Å². The van der Waals surface area contributed by atoms with Gasteiger partial charge in [0.15, 0.2) is 0 Å². The van der Waals surface area contributed by atoms with Crippen LogP contribution in [0.5, 0.6) is 0 Å². The third-order valence-electron chi connectivity index (χ3n) is 4.95. The molecule has 0 radical (unpaired) electrons. The molecule has 128 valence electrons. The quantitative estimate of drug-likeness (QED) is 0.879. The van der Waals surface area contributed by atoms with Crippen LogP contribution in [0.3, 0.4) is 0 Å². The lowest BCUT2D eigenvalue weighted by Crippen LogP contribution is -2.25. The lowest BCUT2D eigenvalue weighted by Gasteiger charge is -2.15. The summed E-state index contributed by atoms with van der Waals surface area (Å²) >= 11 is 0. The van der Waals surface area contributed by atoms with Gasteiger partial charge in [0.2, 0.25) is 5.91 Å². The summed E-state index contributed by atoms with van der Waals surface area (Å²) in [6, 6.07) is 7.19. The fraction of sp³-hybridized carbons (Fsp3) is 0.316. The van der Waals surface area contributed by atoms with Gasteiger partial charge in [0, 0.05) is 30.5 Å². The Labute approximate surface area is 144 Å². The number of H-pyrrole nitrogens is 1. The van der Waals surface area contributed by atoms with Crippen molar-refractivity contribution < 1.29 is 9.59 Å². The Hall–Kier alpha value is -2.89. The monoisotopic (exact) mass is 337 g/mol. The predicted octanol–water partition coefficient (Wildman–Crippen LogP) is 2.02. The second-order valence-corrected chi connectivity index (χ2v) is 6.59. The third kappa shape index (κ3) is 2.73. The number of anilines is 2. The van der Waals surface area contributed by atoms with Gasteiger partial charge in [0.25, 0.3) is 11.5 Å². The lowest BCUT2D eigenvalue weighted by atomic mass is 10.1. The van der Waals surface area contributed by atoms with Gasteiger partial charge in [-0.2, -0.15) is 0 Å². The van der Waals surface area contributed by atoms with Gasteiger partial charge < -0.3 is 15.2 Å². The van der Waals surface area contributed by atoms with Gasteiger partial charge in [0.05, 0.1) is 0 Å². The minimum Gasteiger partial charge on any atom is -0.325 e. The first kappa shape index (κ1) is 15.6. The fourth-order valence-corrected chi connectivity index (χ4v) is 3.69. The molecule has 0 saturated carbocycles. The van der Waals surface area contributed by atoms with Crippen molar-refractivity contribution in [1.82, 2.24) is 4.98 Å². The zero-order valence-electron chi connectivity index (χ0n) is 14.0. The highest BCUT2D eigenvalue weighted by molar-refractivity contribution is 6.04. The smallest absolute Gasteiger partial charge is 0.261 e. The van der Waals surface area contributed by atoms with E-state index in [2.05, 4.69) is 10.3 Å². The molecule has 2 N–H and O–H groups in total. The number of nitrogens with zero attached hydrogens (tertiary/aromatic N) is 1. The lowest BCUT2D eigenvalue weighted by molar-refractivity contribution is -0.116. The van der Waals surface area contributed by atoms with Crippen LogP contribution in [-0.2, 0) is 24.1 Å². The number of aryl methyl sites for hydroxylation is 2. The number of hydrogen-bond donors (Lipinski definition) is 2. The first-order valence-electron chi connectivity index (χ1n) is 8.50. The van der Waals surface area contributed by atoms with E-state index in [1.54, 1.807) is 24.0 Å². The minimum atomic E-state index is -0.405. The molecule has 2 aromatic rings. The molecule has 1 aliphatic carbocycles. The number of carbonyl (C=O) groups excluding carboxylic acids is 2. The molecule has 2 aliphatic rings. The van der Waals surface area contributed by atoms with Crippen molar-refractivity contribution in [3.8, 4) is 0 Å². The van der Waals surface area contributed by atoms with Crippen molar-refractivity contribution in [2.75, 3.05) is 16.8 Å². The Morgan fingerprint density at radius 3 is 2.76 bits per heavy atom. The van der Waals surface area contributed by atoms with Crippen LogP contribution in [0.25, 0.3) is 0 Å². The highest BCUT2D eigenvalue weighted by atomic mass is 16.2. The first-order valence-corrected chi connectivity index (χ1v) is 8.50. The van der Waals surface area contributed by atoms with Crippen molar-refractivity contribution in [2.45, 2.75) is 32.6 Å². The van der Waals surface area contributed by atoms with Gasteiger partial charge in [-0.15, -0.1) is 0 Å². The number of aromatic amines is 1. The van der Waals surface area contributed by atoms with E-state index in [1.807, 2.05) is 12.1 Å². The number of pyridine rings is 1. The summed E-state index contributed by atoms with van der Waals surface area (Å²) in [6.45, 7) is 2.21. The number of amides is 2. The highest BCUT2D eigenvalue weighted by Crippen LogP contribution is 2.30. The molecule has 1 aliphatic heterocycles. The topological polar surface area (TPSA) is 82.3 Å². The Balaban J connectivity index is 1.58. The van der Waals surface area contributed by atoms with Crippen LogP contribution in [-0.4, -0.2) is 23.3 Å². The summed E-state index contributed by atoms with van der Waals surface area (Å²) in [5.74, 6) is -0.391. The second-order valence-electron chi connectivity index (χ2n) is 6.59. The largest absolute Gasteiger partial charge is 0.325 e. The van der Waals surface area contributed by atoms with Crippen LogP contribution >= 0.6 is 0 Å². The Kier molecular flexibility index (Phi) is 3.67. The number of fused-ring (bicyclic) bond motifs is 2. The average Bonchev–Trinajstić information content (AvgIpc) is 3.19. The predicted molar refractivity (Wildman–Crippen MR) is 95.2 cm³/mol. The van der Waals surface area contributed by atoms with E-state index in [9.17, 15) is 14.4 Å². The molecule has 2 amide bonds. The minimum absolute atomic E-state index is 0.0141. The molecule has 2 heterocycles. The highest BCUT2D eigenvalue weighted by Gasteiger charge is 2.23. The maximum Gasteiger partial charge on any atom is 0.261 e. The Bertz CT molecular complexity index is 945. The zero-order valence-corrected chi connectivity index (χ0v) is 14.0. The van der Waals surface area contributed by atoms with Gasteiger partial charge in [-0.25, -0.2) is 0 Å². The molecular formula is C19H19N3O3. The fourth-order valence-electron chi connectivity index (χ4n) is 3.69. The first-order chi connectivity index (χ1) is 12.0. The molecule has 6 nitrogen and oxygen atoms in total. The molecule has 1 aromatic heterocycles. The summed E-state index contributed by atoms with van der Waals surface area (Å²) in [6.07, 6.45) is 3.53. The van der Waals surface area contributed by atoms with Gasteiger partial charge in [-0.3, -0.25) is 14.4 Å². The number of hydrogen-bond acceptors (Lipinski definition) is 3. The Morgan fingerprint density at radius 2 is 1.96 bits per heavy atom. The van der Waals surface area contributed by atoms with Crippen LogP contribution in [0, 0.1) is 0 Å². The SMILES string of the molecule is CC(=O)N1CCc2cc(NC(=O)c3cc4c([nH]c3=O)CCC4)ccc21.